The Bertz CT molecular complexity index is 1350. The zero-order chi connectivity index (χ0) is 28.6. The van der Waals surface area contributed by atoms with Gasteiger partial charge in [-0.05, 0) is 54.8 Å². The van der Waals surface area contributed by atoms with E-state index in [4.69, 9.17) is 0 Å². The number of hydrogen-bond donors (Lipinski definition) is 3. The van der Waals surface area contributed by atoms with E-state index in [1.54, 1.807) is 29.8 Å². The molecule has 0 aliphatic carbocycles. The van der Waals surface area contributed by atoms with Crippen LogP contribution in [0.25, 0.3) is 0 Å². The SMILES string of the molecule is CC(=O)N1CCN(C(=O)c2cccc(CSc3cnc(NC(=O)c4ccc(CNCC5CCCN5)cc4)s3)c2)CC1. The molecule has 1 aromatic heterocycles. The highest BCUT2D eigenvalue weighted by Gasteiger charge is 2.23. The van der Waals surface area contributed by atoms with Gasteiger partial charge in [-0.1, -0.05) is 35.6 Å². The Kier molecular flexibility index (Phi) is 10.0. The fourth-order valence-electron chi connectivity index (χ4n) is 5.00. The van der Waals surface area contributed by atoms with Gasteiger partial charge in [0, 0.05) is 69.1 Å². The van der Waals surface area contributed by atoms with Gasteiger partial charge in [0.1, 0.15) is 0 Å². The number of nitrogens with one attached hydrogen (secondary N) is 3. The second-order valence-corrected chi connectivity index (χ2v) is 12.7. The molecule has 3 N–H and O–H groups in total. The number of anilines is 1. The first-order chi connectivity index (χ1) is 19.9. The Hall–Kier alpha value is -3.25. The maximum atomic E-state index is 13.0. The number of carbonyl (C=O) groups excluding carboxylic acids is 3. The van der Waals surface area contributed by atoms with Crippen molar-refractivity contribution in [2.75, 3.05) is 44.6 Å². The van der Waals surface area contributed by atoms with Crippen LogP contribution in [0.15, 0.2) is 58.9 Å². The monoisotopic (exact) mass is 592 g/mol. The number of hydrogen-bond acceptors (Lipinski definition) is 8. The third-order valence-electron chi connectivity index (χ3n) is 7.37. The highest BCUT2D eigenvalue weighted by atomic mass is 32.2. The van der Waals surface area contributed by atoms with Crippen LogP contribution in [0.1, 0.15) is 51.6 Å². The summed E-state index contributed by atoms with van der Waals surface area (Å²) in [6, 6.07) is 15.9. The second kappa shape index (κ2) is 14.1. The molecular formula is C30H36N6O3S2. The first-order valence-electron chi connectivity index (χ1n) is 14.0. The molecule has 3 aromatic rings. The standard InChI is InChI=1S/C30H36N6O3S2/c1-21(37)35-12-14-36(15-13-35)29(39)25-5-2-4-23(16-25)20-40-27-19-33-30(41-27)34-28(38)24-9-7-22(8-10-24)17-31-18-26-6-3-11-32-26/h2,4-5,7-10,16,19,26,31-32H,3,6,11-15,17-18,20H2,1H3,(H,33,34,38). The van der Waals surface area contributed by atoms with Gasteiger partial charge >= 0.3 is 0 Å². The van der Waals surface area contributed by atoms with Crippen LogP contribution < -0.4 is 16.0 Å². The van der Waals surface area contributed by atoms with Crippen LogP contribution in [0.2, 0.25) is 0 Å². The maximum Gasteiger partial charge on any atom is 0.257 e. The molecule has 1 unspecified atom stereocenters. The van der Waals surface area contributed by atoms with Crippen LogP contribution >= 0.6 is 23.1 Å². The van der Waals surface area contributed by atoms with E-state index in [1.807, 2.05) is 53.4 Å². The predicted molar refractivity (Wildman–Crippen MR) is 163 cm³/mol. The van der Waals surface area contributed by atoms with Crippen molar-refractivity contribution in [3.63, 3.8) is 0 Å². The highest BCUT2D eigenvalue weighted by Crippen LogP contribution is 2.31. The molecule has 11 heteroatoms. The van der Waals surface area contributed by atoms with Crippen molar-refractivity contribution < 1.29 is 14.4 Å². The lowest BCUT2D eigenvalue weighted by Crippen LogP contribution is -2.50. The molecule has 2 fully saturated rings. The minimum atomic E-state index is -0.180. The third-order valence-corrected chi connectivity index (χ3v) is 9.55. The number of nitrogens with zero attached hydrogens (tertiary/aromatic N) is 3. The van der Waals surface area contributed by atoms with Gasteiger partial charge in [-0.15, -0.1) is 11.8 Å². The zero-order valence-corrected chi connectivity index (χ0v) is 24.9. The predicted octanol–water partition coefficient (Wildman–Crippen LogP) is 3.83. The minimum absolute atomic E-state index is 0.00601. The average molecular weight is 593 g/mol. The largest absolute Gasteiger partial charge is 0.339 e. The van der Waals surface area contributed by atoms with E-state index in [0.717, 1.165) is 35.0 Å². The third kappa shape index (κ3) is 8.16. The maximum absolute atomic E-state index is 13.0. The van der Waals surface area contributed by atoms with Crippen molar-refractivity contribution in [2.24, 2.45) is 0 Å². The molecule has 2 saturated heterocycles. The summed E-state index contributed by atoms with van der Waals surface area (Å²) >= 11 is 3.05. The van der Waals surface area contributed by atoms with Gasteiger partial charge < -0.3 is 20.4 Å². The fraction of sp³-hybridized carbons (Fsp3) is 0.400. The first kappa shape index (κ1) is 29.2. The number of benzene rings is 2. The quantitative estimate of drug-likeness (QED) is 0.307. The van der Waals surface area contributed by atoms with E-state index in [9.17, 15) is 14.4 Å². The molecule has 0 bridgehead atoms. The number of thiazole rings is 1. The summed E-state index contributed by atoms with van der Waals surface area (Å²) in [7, 11) is 0. The Morgan fingerprint density at radius 3 is 2.54 bits per heavy atom. The van der Waals surface area contributed by atoms with E-state index in [2.05, 4.69) is 20.9 Å². The van der Waals surface area contributed by atoms with Gasteiger partial charge in [0.15, 0.2) is 5.13 Å². The normalized spacial score (nSPS) is 17.0. The van der Waals surface area contributed by atoms with E-state index >= 15 is 0 Å². The summed E-state index contributed by atoms with van der Waals surface area (Å²) in [5.41, 5.74) is 3.44. The molecule has 0 spiro atoms. The molecule has 0 radical (unpaired) electrons. The van der Waals surface area contributed by atoms with Crippen molar-refractivity contribution in [2.45, 2.75) is 42.3 Å². The number of rotatable bonds is 10. The van der Waals surface area contributed by atoms with Gasteiger partial charge in [-0.2, -0.15) is 0 Å². The van der Waals surface area contributed by atoms with Crippen LogP contribution in [-0.2, 0) is 17.1 Å². The fourth-order valence-corrected chi connectivity index (χ4v) is 6.81. The number of amides is 3. The van der Waals surface area contributed by atoms with Crippen molar-refractivity contribution >= 4 is 46.0 Å². The van der Waals surface area contributed by atoms with Crippen LogP contribution in [0.4, 0.5) is 5.13 Å². The van der Waals surface area contributed by atoms with Gasteiger partial charge in [0.2, 0.25) is 5.91 Å². The Morgan fingerprint density at radius 2 is 1.80 bits per heavy atom. The molecule has 0 saturated carbocycles. The summed E-state index contributed by atoms with van der Waals surface area (Å²) in [5.74, 6) is 0.544. The lowest BCUT2D eigenvalue weighted by Gasteiger charge is -2.34. The van der Waals surface area contributed by atoms with E-state index < -0.39 is 0 Å². The number of aromatic nitrogens is 1. The average Bonchev–Trinajstić information content (AvgIpc) is 3.68. The molecule has 3 heterocycles. The molecule has 1 atom stereocenters. The number of piperazine rings is 1. The van der Waals surface area contributed by atoms with Crippen LogP contribution in [-0.4, -0.2) is 77.8 Å². The minimum Gasteiger partial charge on any atom is -0.339 e. The van der Waals surface area contributed by atoms with Gasteiger partial charge in [0.25, 0.3) is 11.8 Å². The molecule has 2 aliphatic heterocycles. The van der Waals surface area contributed by atoms with Crippen molar-refractivity contribution in [1.82, 2.24) is 25.4 Å². The Balaban J connectivity index is 1.08. The zero-order valence-electron chi connectivity index (χ0n) is 23.2. The molecule has 5 rings (SSSR count). The molecule has 216 valence electrons. The summed E-state index contributed by atoms with van der Waals surface area (Å²) in [4.78, 5) is 45.3. The van der Waals surface area contributed by atoms with Gasteiger partial charge in [-0.25, -0.2) is 4.98 Å². The Morgan fingerprint density at radius 1 is 1.02 bits per heavy atom. The number of thioether (sulfide) groups is 1. The lowest BCUT2D eigenvalue weighted by molar-refractivity contribution is -0.130. The summed E-state index contributed by atoms with van der Waals surface area (Å²) in [6.45, 7) is 6.64. The van der Waals surface area contributed by atoms with Crippen molar-refractivity contribution in [1.29, 1.82) is 0 Å². The number of carbonyl (C=O) groups is 3. The van der Waals surface area contributed by atoms with E-state index in [1.165, 1.54) is 24.2 Å². The van der Waals surface area contributed by atoms with Crippen molar-refractivity contribution in [3.8, 4) is 0 Å². The summed E-state index contributed by atoms with van der Waals surface area (Å²) in [5, 5.41) is 10.4. The molecular weight excluding hydrogens is 557 g/mol. The summed E-state index contributed by atoms with van der Waals surface area (Å²) in [6.07, 6.45) is 4.23. The van der Waals surface area contributed by atoms with E-state index in [0.29, 0.717) is 54.2 Å². The molecule has 41 heavy (non-hydrogen) atoms. The topological polar surface area (TPSA) is 107 Å². The van der Waals surface area contributed by atoms with Crippen molar-refractivity contribution in [3.05, 3.63) is 77.0 Å². The van der Waals surface area contributed by atoms with Crippen LogP contribution in [0, 0.1) is 0 Å². The second-order valence-electron chi connectivity index (χ2n) is 10.3. The Labute approximate surface area is 249 Å². The molecule has 9 nitrogen and oxygen atoms in total. The molecule has 3 amide bonds. The lowest BCUT2D eigenvalue weighted by atomic mass is 10.1. The van der Waals surface area contributed by atoms with Crippen LogP contribution in [0.5, 0.6) is 0 Å². The highest BCUT2D eigenvalue weighted by molar-refractivity contribution is 8.00. The molecule has 2 aromatic carbocycles. The summed E-state index contributed by atoms with van der Waals surface area (Å²) < 4.78 is 0.982. The van der Waals surface area contributed by atoms with Crippen LogP contribution in [0.3, 0.4) is 0 Å². The van der Waals surface area contributed by atoms with E-state index in [-0.39, 0.29) is 17.7 Å². The van der Waals surface area contributed by atoms with Gasteiger partial charge in [-0.3, -0.25) is 19.7 Å². The first-order valence-corrected chi connectivity index (χ1v) is 15.8. The molecule has 2 aliphatic rings. The smallest absolute Gasteiger partial charge is 0.257 e. The van der Waals surface area contributed by atoms with Gasteiger partial charge in [0.05, 0.1) is 10.4 Å².